The Morgan fingerprint density at radius 3 is 2.44 bits per heavy atom. The molecule has 4 heteroatoms. The molecule has 2 rings (SSSR count). The molecule has 2 N–H and O–H groups in total. The molecule has 3 nitrogen and oxygen atoms in total. The quantitative estimate of drug-likeness (QED) is 0.867. The summed E-state index contributed by atoms with van der Waals surface area (Å²) in [6.45, 7) is 9.06. The van der Waals surface area contributed by atoms with E-state index in [4.69, 9.17) is 5.73 Å². The Bertz CT molecular complexity index is 366. The molecule has 1 aliphatic rings. The first-order valence-electron chi connectivity index (χ1n) is 6.68. The first-order chi connectivity index (χ1) is 8.70. The first-order valence-corrected chi connectivity index (χ1v) is 7.47. The number of nitrogens with zero attached hydrogens (tertiary/aromatic N) is 2. The van der Waals surface area contributed by atoms with E-state index in [1.54, 1.807) is 0 Å². The highest BCUT2D eigenvalue weighted by Crippen LogP contribution is 2.24. The van der Waals surface area contributed by atoms with Gasteiger partial charge < -0.3 is 10.6 Å². The predicted octanol–water partition coefficient (Wildman–Crippen LogP) is 2.56. The number of anilines is 1. The van der Waals surface area contributed by atoms with Gasteiger partial charge in [-0.25, -0.2) is 0 Å². The van der Waals surface area contributed by atoms with Crippen molar-refractivity contribution in [3.05, 3.63) is 28.2 Å². The Labute approximate surface area is 118 Å². The van der Waals surface area contributed by atoms with E-state index in [0.717, 1.165) is 29.8 Å². The van der Waals surface area contributed by atoms with Crippen LogP contribution in [0.15, 0.2) is 22.7 Å². The van der Waals surface area contributed by atoms with Gasteiger partial charge in [-0.1, -0.05) is 28.9 Å². The largest absolute Gasteiger partial charge is 0.398 e. The number of rotatable bonds is 4. The molecule has 1 aliphatic heterocycles. The highest BCUT2D eigenvalue weighted by Gasteiger charge is 2.17. The number of piperazine rings is 1. The monoisotopic (exact) mass is 311 g/mol. The molecule has 0 amide bonds. The second-order valence-corrected chi connectivity index (χ2v) is 5.78. The Kier molecular flexibility index (Phi) is 5.03. The highest BCUT2D eigenvalue weighted by molar-refractivity contribution is 9.10. The molecule has 1 aromatic rings. The van der Waals surface area contributed by atoms with Crippen molar-refractivity contribution in [2.24, 2.45) is 0 Å². The maximum atomic E-state index is 6.05. The average molecular weight is 312 g/mol. The average Bonchev–Trinajstić information content (AvgIpc) is 2.36. The zero-order chi connectivity index (χ0) is 13.0. The van der Waals surface area contributed by atoms with Crippen molar-refractivity contribution in [1.82, 2.24) is 9.80 Å². The molecule has 0 bridgehead atoms. The summed E-state index contributed by atoms with van der Waals surface area (Å²) in [5.41, 5.74) is 8.16. The van der Waals surface area contributed by atoms with Crippen LogP contribution in [-0.4, -0.2) is 42.5 Å². The molecule has 0 radical (unpaired) electrons. The lowest BCUT2D eigenvalue weighted by atomic mass is 10.1. The highest BCUT2D eigenvalue weighted by atomic mass is 79.9. The Morgan fingerprint density at radius 2 is 1.83 bits per heavy atom. The van der Waals surface area contributed by atoms with E-state index in [9.17, 15) is 0 Å². The van der Waals surface area contributed by atoms with E-state index in [1.165, 1.54) is 31.6 Å². The molecule has 0 spiro atoms. The van der Waals surface area contributed by atoms with Crippen LogP contribution in [0, 0.1) is 0 Å². The Morgan fingerprint density at radius 1 is 1.17 bits per heavy atom. The van der Waals surface area contributed by atoms with Crippen LogP contribution in [0.5, 0.6) is 0 Å². The molecule has 0 saturated carbocycles. The van der Waals surface area contributed by atoms with Crippen molar-refractivity contribution < 1.29 is 0 Å². The summed E-state index contributed by atoms with van der Waals surface area (Å²) in [4.78, 5) is 5.03. The maximum absolute atomic E-state index is 6.05. The van der Waals surface area contributed by atoms with Gasteiger partial charge in [0.2, 0.25) is 0 Å². The molecule has 0 aliphatic carbocycles. The lowest BCUT2D eigenvalue weighted by Gasteiger charge is -2.34. The predicted molar refractivity (Wildman–Crippen MR) is 80.6 cm³/mol. The van der Waals surface area contributed by atoms with E-state index < -0.39 is 0 Å². The summed E-state index contributed by atoms with van der Waals surface area (Å²) in [5, 5.41) is 0. The zero-order valence-corrected chi connectivity index (χ0v) is 12.6. The van der Waals surface area contributed by atoms with Gasteiger partial charge in [0.15, 0.2) is 0 Å². The fraction of sp³-hybridized carbons (Fsp3) is 0.571. The van der Waals surface area contributed by atoms with Gasteiger partial charge in [0.1, 0.15) is 0 Å². The molecule has 1 heterocycles. The van der Waals surface area contributed by atoms with Crippen molar-refractivity contribution in [2.45, 2.75) is 19.9 Å². The maximum Gasteiger partial charge on any atom is 0.0371 e. The number of nitrogen functional groups attached to an aromatic ring is 1. The summed E-state index contributed by atoms with van der Waals surface area (Å²) in [6, 6.07) is 6.04. The smallest absolute Gasteiger partial charge is 0.0371 e. The fourth-order valence-electron chi connectivity index (χ4n) is 2.45. The van der Waals surface area contributed by atoms with E-state index in [1.807, 2.05) is 12.1 Å². The molecule has 1 fully saturated rings. The van der Waals surface area contributed by atoms with Gasteiger partial charge in [0.05, 0.1) is 0 Å². The number of benzene rings is 1. The van der Waals surface area contributed by atoms with Gasteiger partial charge >= 0.3 is 0 Å². The third-order valence-electron chi connectivity index (χ3n) is 3.54. The van der Waals surface area contributed by atoms with Crippen molar-refractivity contribution >= 4 is 21.6 Å². The minimum Gasteiger partial charge on any atom is -0.398 e. The van der Waals surface area contributed by atoms with Crippen molar-refractivity contribution in [3.63, 3.8) is 0 Å². The summed E-state index contributed by atoms with van der Waals surface area (Å²) in [7, 11) is 0. The van der Waals surface area contributed by atoms with Crippen molar-refractivity contribution in [1.29, 1.82) is 0 Å². The van der Waals surface area contributed by atoms with Gasteiger partial charge in [-0.3, -0.25) is 4.90 Å². The third kappa shape index (κ3) is 3.46. The van der Waals surface area contributed by atoms with Crippen LogP contribution in [0.3, 0.4) is 0 Å². The summed E-state index contributed by atoms with van der Waals surface area (Å²) >= 11 is 3.59. The van der Waals surface area contributed by atoms with E-state index in [0.29, 0.717) is 0 Å². The van der Waals surface area contributed by atoms with Crippen LogP contribution in [0.25, 0.3) is 0 Å². The zero-order valence-electron chi connectivity index (χ0n) is 11.0. The SMILES string of the molecule is CCCN1CCN(Cc2c(N)cccc2Br)CC1. The molecule has 0 unspecified atom stereocenters. The second kappa shape index (κ2) is 6.55. The molecule has 0 aromatic heterocycles. The van der Waals surface area contributed by atoms with Crippen LogP contribution in [-0.2, 0) is 6.54 Å². The van der Waals surface area contributed by atoms with E-state index in [-0.39, 0.29) is 0 Å². The molecule has 1 saturated heterocycles. The van der Waals surface area contributed by atoms with Gasteiger partial charge in [0.25, 0.3) is 0 Å². The van der Waals surface area contributed by atoms with Crippen LogP contribution >= 0.6 is 15.9 Å². The number of hydrogen-bond acceptors (Lipinski definition) is 3. The number of halogens is 1. The number of nitrogens with two attached hydrogens (primary N) is 1. The molecule has 18 heavy (non-hydrogen) atoms. The Hall–Kier alpha value is -0.580. The molecule has 0 atom stereocenters. The second-order valence-electron chi connectivity index (χ2n) is 4.93. The molecule has 100 valence electrons. The fourth-order valence-corrected chi connectivity index (χ4v) is 2.96. The third-order valence-corrected chi connectivity index (χ3v) is 4.28. The van der Waals surface area contributed by atoms with Crippen LogP contribution in [0.2, 0.25) is 0 Å². The summed E-state index contributed by atoms with van der Waals surface area (Å²) in [6.07, 6.45) is 1.25. The summed E-state index contributed by atoms with van der Waals surface area (Å²) in [5.74, 6) is 0. The lowest BCUT2D eigenvalue weighted by Crippen LogP contribution is -2.46. The van der Waals surface area contributed by atoms with Gasteiger partial charge in [-0.15, -0.1) is 0 Å². The van der Waals surface area contributed by atoms with Crippen molar-refractivity contribution in [2.75, 3.05) is 38.5 Å². The van der Waals surface area contributed by atoms with Crippen LogP contribution in [0.1, 0.15) is 18.9 Å². The van der Waals surface area contributed by atoms with E-state index in [2.05, 4.69) is 38.7 Å². The Balaban J connectivity index is 1.92. The lowest BCUT2D eigenvalue weighted by molar-refractivity contribution is 0.127. The molecular weight excluding hydrogens is 290 g/mol. The minimum atomic E-state index is 0.889. The molecule has 1 aromatic carbocycles. The standard InChI is InChI=1S/C14H22BrN3/c1-2-6-17-7-9-18(10-8-17)11-12-13(15)4-3-5-14(12)16/h3-5H,2,6-11,16H2,1H3. The van der Waals surface area contributed by atoms with Gasteiger partial charge in [-0.05, 0) is 25.1 Å². The topological polar surface area (TPSA) is 32.5 Å². The minimum absolute atomic E-state index is 0.889. The van der Waals surface area contributed by atoms with Crippen LogP contribution < -0.4 is 5.73 Å². The normalized spacial score (nSPS) is 18.1. The van der Waals surface area contributed by atoms with Gasteiger partial charge in [-0.2, -0.15) is 0 Å². The van der Waals surface area contributed by atoms with E-state index >= 15 is 0 Å². The number of hydrogen-bond donors (Lipinski definition) is 1. The summed E-state index contributed by atoms with van der Waals surface area (Å²) < 4.78 is 1.12. The first kappa shape index (κ1) is 13.8. The van der Waals surface area contributed by atoms with Crippen LogP contribution in [0.4, 0.5) is 5.69 Å². The van der Waals surface area contributed by atoms with Gasteiger partial charge in [0, 0.05) is 48.4 Å². The van der Waals surface area contributed by atoms with Crippen molar-refractivity contribution in [3.8, 4) is 0 Å². The molecular formula is C14H22BrN3.